The highest BCUT2D eigenvalue weighted by Gasteiger charge is 2.52. The highest BCUT2D eigenvalue weighted by atomic mass is 35.5. The Morgan fingerprint density at radius 3 is 2.68 bits per heavy atom. The maximum absolute atomic E-state index is 14.7. The molecule has 1 aromatic heterocycles. The molecule has 1 aliphatic carbocycles. The summed E-state index contributed by atoms with van der Waals surface area (Å²) in [6.07, 6.45) is 3.58. The molecular weight excluding hydrogens is 565 g/mol. The summed E-state index contributed by atoms with van der Waals surface area (Å²) in [7, 11) is 0. The summed E-state index contributed by atoms with van der Waals surface area (Å²) in [5, 5.41) is 20.9. The van der Waals surface area contributed by atoms with Crippen LogP contribution in [0.15, 0.2) is 66.3 Å². The minimum atomic E-state index is -3.03. The molecular formula is C27H24ClF3N6O4. The molecule has 1 saturated heterocycles. The van der Waals surface area contributed by atoms with Crippen LogP contribution in [-0.2, 0) is 14.4 Å². The molecule has 2 N–H and O–H groups in total. The van der Waals surface area contributed by atoms with Crippen LogP contribution >= 0.6 is 11.6 Å². The number of pyridine rings is 1. The van der Waals surface area contributed by atoms with Crippen LogP contribution in [0.1, 0.15) is 30.9 Å². The number of carbonyl (C=O) groups is 2. The number of nitrogens with one attached hydrogen (secondary N) is 1. The lowest BCUT2D eigenvalue weighted by Gasteiger charge is -2.48. The zero-order valence-electron chi connectivity index (χ0n) is 21.4. The molecule has 2 atom stereocenters. The van der Waals surface area contributed by atoms with Crippen molar-refractivity contribution in [3.05, 3.63) is 82.7 Å². The normalized spacial score (nSPS) is 20.8. The molecule has 3 aliphatic rings. The quantitative estimate of drug-likeness (QED) is 0.496. The van der Waals surface area contributed by atoms with Gasteiger partial charge in [-0.05, 0) is 24.6 Å². The maximum Gasteiger partial charge on any atom is 0.262 e. The van der Waals surface area contributed by atoms with Crippen LogP contribution in [0.3, 0.4) is 0 Å². The van der Waals surface area contributed by atoms with E-state index in [2.05, 4.69) is 10.5 Å². The van der Waals surface area contributed by atoms with Crippen molar-refractivity contribution in [2.45, 2.75) is 43.3 Å². The summed E-state index contributed by atoms with van der Waals surface area (Å²) in [6, 6.07) is 5.60. The fourth-order valence-corrected chi connectivity index (χ4v) is 5.27. The van der Waals surface area contributed by atoms with Gasteiger partial charge in [0.05, 0.1) is 42.9 Å². The first-order chi connectivity index (χ1) is 19.6. The number of nitriles is 1. The first-order valence-corrected chi connectivity index (χ1v) is 13.0. The molecule has 0 spiro atoms. The van der Waals surface area contributed by atoms with Crippen molar-refractivity contribution >= 4 is 29.1 Å². The first kappa shape index (κ1) is 28.6. The number of nitrogens with zero attached hydrogens (tertiary/aromatic N) is 5. The molecule has 10 nitrogen and oxygen atoms in total. The lowest BCUT2D eigenvalue weighted by Crippen LogP contribution is -2.58. The standard InChI is InChI=1S/C27H24ClF3N6O4/c28-21-4-2-1-3-20(21)24(36(19-11-27(30,31)12-19)18-10-17(29)14-33-15-18)26(39)37(25(38)22-6-8-41-34-22)23-9-16(13-32)5-7-35(23)40/h1-5,9-10,14-15,19,22,24,34,40H,6-8,11-12H2/t22-,24?/m0/s1. The summed E-state index contributed by atoms with van der Waals surface area (Å²) in [6.45, 7) is -0.0562. The Labute approximate surface area is 237 Å². The van der Waals surface area contributed by atoms with Crippen molar-refractivity contribution in [1.82, 2.24) is 20.4 Å². The number of rotatable bonds is 7. The van der Waals surface area contributed by atoms with Crippen molar-refractivity contribution in [3.8, 4) is 6.07 Å². The number of imide groups is 1. The van der Waals surface area contributed by atoms with Gasteiger partial charge in [-0.15, -0.1) is 0 Å². The number of anilines is 1. The molecule has 2 amide bonds. The molecule has 0 bridgehead atoms. The number of amides is 2. The van der Waals surface area contributed by atoms with Crippen LogP contribution < -0.4 is 10.4 Å². The molecule has 0 radical (unpaired) electrons. The lowest BCUT2D eigenvalue weighted by molar-refractivity contribution is -0.154. The first-order valence-electron chi connectivity index (χ1n) is 12.6. The molecule has 2 aromatic rings. The zero-order valence-corrected chi connectivity index (χ0v) is 22.1. The predicted molar refractivity (Wildman–Crippen MR) is 138 cm³/mol. The molecule has 41 heavy (non-hydrogen) atoms. The summed E-state index contributed by atoms with van der Waals surface area (Å²) < 4.78 is 42.8. The van der Waals surface area contributed by atoms with E-state index < -0.39 is 54.5 Å². The Bertz CT molecular complexity index is 1450. The SMILES string of the molecule is N#CC1=CCN(O)C(N(C(=O)C(c2ccccc2Cl)N(c2cncc(F)c2)C2CC(F)(F)C2)C(=O)[C@@H]2CCON2)=C1. The summed E-state index contributed by atoms with van der Waals surface area (Å²) in [5.41, 5.74) is 2.76. The fourth-order valence-electron chi connectivity index (χ4n) is 5.03. The predicted octanol–water partition coefficient (Wildman–Crippen LogP) is 3.86. The smallest absolute Gasteiger partial charge is 0.262 e. The van der Waals surface area contributed by atoms with Crippen LogP contribution in [-0.4, -0.2) is 63.1 Å². The largest absolute Gasteiger partial charge is 0.351 e. The van der Waals surface area contributed by atoms with E-state index in [1.807, 2.05) is 6.07 Å². The highest BCUT2D eigenvalue weighted by molar-refractivity contribution is 6.31. The maximum atomic E-state index is 14.7. The van der Waals surface area contributed by atoms with Crippen molar-refractivity contribution in [3.63, 3.8) is 0 Å². The van der Waals surface area contributed by atoms with Crippen molar-refractivity contribution in [2.75, 3.05) is 18.1 Å². The average molecular weight is 589 g/mol. The highest BCUT2D eigenvalue weighted by Crippen LogP contribution is 2.46. The lowest BCUT2D eigenvalue weighted by atomic mass is 9.84. The van der Waals surface area contributed by atoms with Gasteiger partial charge in [0.15, 0.2) is 0 Å². The number of benzene rings is 1. The van der Waals surface area contributed by atoms with Gasteiger partial charge in [-0.2, -0.15) is 10.7 Å². The molecule has 5 rings (SSSR count). The van der Waals surface area contributed by atoms with E-state index in [9.17, 15) is 33.2 Å². The van der Waals surface area contributed by atoms with Crippen LogP contribution in [0.2, 0.25) is 5.02 Å². The van der Waals surface area contributed by atoms with Gasteiger partial charge in [0.1, 0.15) is 23.7 Å². The number of hydrogen-bond donors (Lipinski definition) is 2. The third kappa shape index (κ3) is 5.77. The minimum Gasteiger partial charge on any atom is -0.351 e. The second-order valence-corrected chi connectivity index (χ2v) is 10.2. The summed E-state index contributed by atoms with van der Waals surface area (Å²) in [4.78, 5) is 39.5. The monoisotopic (exact) mass is 588 g/mol. The van der Waals surface area contributed by atoms with E-state index in [4.69, 9.17) is 16.4 Å². The van der Waals surface area contributed by atoms with Gasteiger partial charge in [-0.1, -0.05) is 29.8 Å². The Balaban J connectivity index is 1.69. The van der Waals surface area contributed by atoms with E-state index >= 15 is 0 Å². The van der Waals surface area contributed by atoms with E-state index in [-0.39, 0.29) is 47.2 Å². The Kier molecular flexibility index (Phi) is 8.01. The van der Waals surface area contributed by atoms with Crippen molar-refractivity contribution in [2.24, 2.45) is 0 Å². The summed E-state index contributed by atoms with van der Waals surface area (Å²) in [5.74, 6) is -5.95. The second-order valence-electron chi connectivity index (χ2n) is 9.79. The minimum absolute atomic E-state index is 0.00887. The molecule has 2 fully saturated rings. The third-order valence-corrected chi connectivity index (χ3v) is 7.37. The number of hydrogen-bond acceptors (Lipinski definition) is 9. The number of aromatic nitrogens is 1. The van der Waals surface area contributed by atoms with E-state index in [1.54, 1.807) is 12.1 Å². The van der Waals surface area contributed by atoms with E-state index in [0.717, 1.165) is 18.3 Å². The number of hydroxylamine groups is 3. The summed E-state index contributed by atoms with van der Waals surface area (Å²) >= 11 is 6.54. The molecule has 214 valence electrons. The number of carbonyl (C=O) groups excluding carboxylic acids is 2. The Morgan fingerprint density at radius 2 is 2.05 bits per heavy atom. The van der Waals surface area contributed by atoms with Gasteiger partial charge >= 0.3 is 0 Å². The Morgan fingerprint density at radius 1 is 1.29 bits per heavy atom. The molecule has 2 aliphatic heterocycles. The topological polar surface area (TPSA) is 122 Å². The molecule has 1 unspecified atom stereocenters. The third-order valence-electron chi connectivity index (χ3n) is 7.03. The number of halogens is 4. The van der Waals surface area contributed by atoms with Crippen LogP contribution in [0, 0.1) is 17.1 Å². The average Bonchev–Trinajstić information content (AvgIpc) is 3.47. The Hall–Kier alpha value is -3.96. The van der Waals surface area contributed by atoms with Crippen LogP contribution in [0.5, 0.6) is 0 Å². The van der Waals surface area contributed by atoms with Gasteiger partial charge in [0, 0.05) is 35.5 Å². The number of allylic oxidation sites excluding steroid dienone is 2. The molecule has 14 heteroatoms. The van der Waals surface area contributed by atoms with Gasteiger partial charge in [-0.3, -0.25) is 19.8 Å². The van der Waals surface area contributed by atoms with Crippen molar-refractivity contribution in [1.29, 1.82) is 5.26 Å². The van der Waals surface area contributed by atoms with Gasteiger partial charge in [-0.25, -0.2) is 23.1 Å². The molecule has 1 aromatic carbocycles. The second kappa shape index (κ2) is 11.5. The van der Waals surface area contributed by atoms with Gasteiger partial charge in [0.25, 0.3) is 17.7 Å². The number of alkyl halides is 2. The van der Waals surface area contributed by atoms with Crippen molar-refractivity contribution < 1.29 is 32.8 Å². The van der Waals surface area contributed by atoms with E-state index in [0.29, 0.717) is 9.96 Å². The fraction of sp³-hybridized carbons (Fsp3) is 0.333. The zero-order chi connectivity index (χ0) is 29.3. The molecule has 1 saturated carbocycles. The van der Waals surface area contributed by atoms with Crippen LogP contribution in [0.25, 0.3) is 0 Å². The van der Waals surface area contributed by atoms with Gasteiger partial charge in [0.2, 0.25) is 0 Å². The van der Waals surface area contributed by atoms with Gasteiger partial charge < -0.3 is 9.74 Å². The molecule has 3 heterocycles. The van der Waals surface area contributed by atoms with Crippen LogP contribution in [0.4, 0.5) is 18.9 Å². The van der Waals surface area contributed by atoms with E-state index in [1.165, 1.54) is 29.3 Å².